The number of halogens is 1. The van der Waals surface area contributed by atoms with Crippen molar-refractivity contribution in [3.63, 3.8) is 0 Å². The summed E-state index contributed by atoms with van der Waals surface area (Å²) in [6.45, 7) is 3.02. The number of hydrogen-bond acceptors (Lipinski definition) is 4. The second kappa shape index (κ2) is 8.65. The molecule has 0 radical (unpaired) electrons. The quantitative estimate of drug-likeness (QED) is 0.518. The molecule has 31 heavy (non-hydrogen) atoms. The SMILES string of the molecule is Cc1cc(-c2ncccc2-c2ccc3cnc(C(=O)NCCN(C)C)n3c2)ccc1F. The van der Waals surface area contributed by atoms with E-state index in [1.54, 1.807) is 35.9 Å². The highest BCUT2D eigenvalue weighted by Gasteiger charge is 2.15. The Labute approximate surface area is 180 Å². The van der Waals surface area contributed by atoms with Crippen molar-refractivity contribution in [3.05, 3.63) is 78.3 Å². The van der Waals surface area contributed by atoms with E-state index in [-0.39, 0.29) is 11.7 Å². The fraction of sp³-hybridized carbons (Fsp3) is 0.208. The second-order valence-electron chi connectivity index (χ2n) is 7.72. The van der Waals surface area contributed by atoms with Gasteiger partial charge in [0.2, 0.25) is 5.82 Å². The summed E-state index contributed by atoms with van der Waals surface area (Å²) in [5.41, 5.74) is 4.75. The maximum atomic E-state index is 13.8. The van der Waals surface area contributed by atoms with Gasteiger partial charge in [-0.3, -0.25) is 14.2 Å². The maximum Gasteiger partial charge on any atom is 0.287 e. The molecule has 0 saturated heterocycles. The molecule has 7 heteroatoms. The third kappa shape index (κ3) is 4.32. The van der Waals surface area contributed by atoms with Gasteiger partial charge in [-0.05, 0) is 56.9 Å². The van der Waals surface area contributed by atoms with Crippen LogP contribution < -0.4 is 5.32 Å². The molecule has 3 aromatic heterocycles. The number of hydrogen-bond donors (Lipinski definition) is 1. The van der Waals surface area contributed by atoms with Crippen molar-refractivity contribution in [2.24, 2.45) is 0 Å². The Hall–Kier alpha value is -3.58. The van der Waals surface area contributed by atoms with E-state index in [2.05, 4.69) is 15.3 Å². The molecule has 3 heterocycles. The first-order valence-electron chi connectivity index (χ1n) is 10.1. The van der Waals surface area contributed by atoms with E-state index in [1.165, 1.54) is 6.07 Å². The molecule has 0 saturated carbocycles. The number of pyridine rings is 2. The lowest BCUT2D eigenvalue weighted by atomic mass is 9.99. The fourth-order valence-corrected chi connectivity index (χ4v) is 3.45. The predicted molar refractivity (Wildman–Crippen MR) is 119 cm³/mol. The number of carbonyl (C=O) groups is 1. The minimum atomic E-state index is -0.244. The highest BCUT2D eigenvalue weighted by Crippen LogP contribution is 2.31. The first-order valence-corrected chi connectivity index (χ1v) is 10.1. The average molecular weight is 417 g/mol. The monoisotopic (exact) mass is 417 g/mol. The molecule has 0 spiro atoms. The predicted octanol–water partition coefficient (Wildman–Crippen LogP) is 3.80. The van der Waals surface area contributed by atoms with Crippen LogP contribution in [0.25, 0.3) is 27.9 Å². The number of rotatable bonds is 6. The zero-order chi connectivity index (χ0) is 22.0. The largest absolute Gasteiger partial charge is 0.348 e. The van der Waals surface area contributed by atoms with Crippen LogP contribution in [0.1, 0.15) is 16.2 Å². The van der Waals surface area contributed by atoms with E-state index in [4.69, 9.17) is 0 Å². The summed E-state index contributed by atoms with van der Waals surface area (Å²) in [4.78, 5) is 23.5. The number of carbonyl (C=O) groups excluding carboxylic acids is 1. The van der Waals surface area contributed by atoms with Crippen LogP contribution in [-0.4, -0.2) is 52.4 Å². The summed E-state index contributed by atoms with van der Waals surface area (Å²) in [6.07, 6.45) is 5.29. The standard InChI is InChI=1S/C24H24FN5O/c1-16-13-17(7-9-21(16)25)22-20(5-4-10-26-22)18-6-8-19-14-28-23(30(19)15-18)24(31)27-11-12-29(2)3/h4-10,13-15H,11-12H2,1-3H3,(H,27,31). The van der Waals surface area contributed by atoms with Gasteiger partial charge in [-0.25, -0.2) is 9.37 Å². The molecule has 0 unspecified atom stereocenters. The van der Waals surface area contributed by atoms with E-state index in [1.807, 2.05) is 49.5 Å². The summed E-state index contributed by atoms with van der Waals surface area (Å²) in [7, 11) is 3.91. The van der Waals surface area contributed by atoms with Gasteiger partial charge < -0.3 is 10.2 Å². The molecule has 0 bridgehead atoms. The number of benzene rings is 1. The number of likely N-dealkylation sites (N-methyl/N-ethyl adjacent to an activating group) is 1. The Kier molecular flexibility index (Phi) is 5.77. The number of nitrogens with zero attached hydrogens (tertiary/aromatic N) is 4. The van der Waals surface area contributed by atoms with Crippen molar-refractivity contribution in [1.29, 1.82) is 0 Å². The Morgan fingerprint density at radius 2 is 1.94 bits per heavy atom. The zero-order valence-electron chi connectivity index (χ0n) is 17.8. The Balaban J connectivity index is 1.73. The van der Waals surface area contributed by atoms with Gasteiger partial charge in [0.15, 0.2) is 0 Å². The van der Waals surface area contributed by atoms with Crippen LogP contribution >= 0.6 is 0 Å². The van der Waals surface area contributed by atoms with Crippen LogP contribution in [0.2, 0.25) is 0 Å². The summed E-state index contributed by atoms with van der Waals surface area (Å²) in [6, 6.07) is 12.7. The average Bonchev–Trinajstić information content (AvgIpc) is 3.19. The zero-order valence-corrected chi connectivity index (χ0v) is 17.8. The Morgan fingerprint density at radius 3 is 2.71 bits per heavy atom. The first kappa shape index (κ1) is 20.7. The molecule has 0 aliphatic rings. The Bertz CT molecular complexity index is 1250. The highest BCUT2D eigenvalue weighted by atomic mass is 19.1. The summed E-state index contributed by atoms with van der Waals surface area (Å²) < 4.78 is 15.5. The lowest BCUT2D eigenvalue weighted by molar-refractivity contribution is 0.0940. The van der Waals surface area contributed by atoms with Crippen LogP contribution in [0, 0.1) is 12.7 Å². The van der Waals surface area contributed by atoms with Crippen LogP contribution in [-0.2, 0) is 0 Å². The van der Waals surface area contributed by atoms with Crippen LogP contribution in [0.15, 0.2) is 61.1 Å². The molecule has 1 amide bonds. The highest BCUT2D eigenvalue weighted by molar-refractivity contribution is 5.92. The van der Waals surface area contributed by atoms with E-state index in [9.17, 15) is 9.18 Å². The molecular weight excluding hydrogens is 393 g/mol. The molecule has 1 aromatic carbocycles. The molecular formula is C24H24FN5O. The first-order chi connectivity index (χ1) is 14.9. The molecule has 0 fully saturated rings. The molecule has 0 aliphatic carbocycles. The van der Waals surface area contributed by atoms with E-state index < -0.39 is 0 Å². The molecule has 6 nitrogen and oxygen atoms in total. The molecule has 158 valence electrons. The van der Waals surface area contributed by atoms with Crippen LogP contribution in [0.3, 0.4) is 0 Å². The second-order valence-corrected chi connectivity index (χ2v) is 7.72. The van der Waals surface area contributed by atoms with Gasteiger partial charge >= 0.3 is 0 Å². The topological polar surface area (TPSA) is 62.5 Å². The third-order valence-electron chi connectivity index (χ3n) is 5.13. The summed E-state index contributed by atoms with van der Waals surface area (Å²) in [5, 5.41) is 2.90. The van der Waals surface area contributed by atoms with Gasteiger partial charge in [-0.15, -0.1) is 0 Å². The van der Waals surface area contributed by atoms with E-state index in [0.29, 0.717) is 17.9 Å². The Morgan fingerprint density at radius 1 is 1.13 bits per heavy atom. The van der Waals surface area contributed by atoms with Crippen molar-refractivity contribution in [2.75, 3.05) is 27.2 Å². The lowest BCUT2D eigenvalue weighted by Gasteiger charge is -2.12. The molecule has 4 aromatic rings. The number of aryl methyl sites for hydroxylation is 1. The smallest absolute Gasteiger partial charge is 0.287 e. The van der Waals surface area contributed by atoms with Crippen molar-refractivity contribution in [3.8, 4) is 22.4 Å². The van der Waals surface area contributed by atoms with Crippen molar-refractivity contribution in [2.45, 2.75) is 6.92 Å². The van der Waals surface area contributed by atoms with Gasteiger partial charge in [0.1, 0.15) is 5.82 Å². The number of aromatic nitrogens is 3. The number of fused-ring (bicyclic) bond motifs is 1. The fourth-order valence-electron chi connectivity index (χ4n) is 3.45. The van der Waals surface area contributed by atoms with Gasteiger partial charge in [-0.2, -0.15) is 0 Å². The normalized spacial score (nSPS) is 11.3. The summed E-state index contributed by atoms with van der Waals surface area (Å²) >= 11 is 0. The molecule has 4 rings (SSSR count). The molecule has 0 aliphatic heterocycles. The maximum absolute atomic E-state index is 13.8. The van der Waals surface area contributed by atoms with Crippen LogP contribution in [0.5, 0.6) is 0 Å². The van der Waals surface area contributed by atoms with Gasteiger partial charge in [0.25, 0.3) is 5.91 Å². The van der Waals surface area contributed by atoms with E-state index >= 15 is 0 Å². The number of amides is 1. The van der Waals surface area contributed by atoms with Gasteiger partial charge in [0, 0.05) is 42.2 Å². The lowest BCUT2D eigenvalue weighted by Crippen LogP contribution is -2.32. The summed E-state index contributed by atoms with van der Waals surface area (Å²) in [5.74, 6) is -0.135. The molecule has 0 atom stereocenters. The minimum Gasteiger partial charge on any atom is -0.348 e. The molecule has 1 N–H and O–H groups in total. The number of imidazole rings is 1. The van der Waals surface area contributed by atoms with Crippen molar-refractivity contribution in [1.82, 2.24) is 24.6 Å². The number of nitrogens with one attached hydrogen (secondary N) is 1. The van der Waals surface area contributed by atoms with Gasteiger partial charge in [-0.1, -0.05) is 12.1 Å². The van der Waals surface area contributed by atoms with Gasteiger partial charge in [0.05, 0.1) is 17.4 Å². The van der Waals surface area contributed by atoms with Crippen molar-refractivity contribution < 1.29 is 9.18 Å². The third-order valence-corrected chi connectivity index (χ3v) is 5.13. The van der Waals surface area contributed by atoms with Crippen molar-refractivity contribution >= 4 is 11.4 Å². The van der Waals surface area contributed by atoms with Crippen LogP contribution in [0.4, 0.5) is 4.39 Å². The minimum absolute atomic E-state index is 0.223. The van der Waals surface area contributed by atoms with E-state index in [0.717, 1.165) is 34.4 Å².